The fourth-order valence-corrected chi connectivity index (χ4v) is 2.55. The first-order valence-corrected chi connectivity index (χ1v) is 7.77. The van der Waals surface area contributed by atoms with Gasteiger partial charge in [0, 0.05) is 0 Å². The van der Waals surface area contributed by atoms with Crippen LogP contribution < -0.4 is 5.32 Å². The van der Waals surface area contributed by atoms with Gasteiger partial charge in [-0.3, -0.25) is 4.79 Å². The minimum Gasteiger partial charge on any atom is -0.345 e. The van der Waals surface area contributed by atoms with Crippen molar-refractivity contribution in [2.24, 2.45) is 0 Å². The van der Waals surface area contributed by atoms with Crippen molar-refractivity contribution in [3.8, 4) is 0 Å². The number of aryl methyl sites for hydroxylation is 2. The Balaban J connectivity index is 2.21. The molecule has 1 aromatic carbocycles. The number of nitrogens with one attached hydrogen (secondary N) is 1. The number of hydrogen-bond donors (Lipinski definition) is 1. The van der Waals surface area contributed by atoms with Gasteiger partial charge in [-0.05, 0) is 46.5 Å². The van der Waals surface area contributed by atoms with Crippen molar-refractivity contribution in [2.75, 3.05) is 20.6 Å². The van der Waals surface area contributed by atoms with Crippen LogP contribution in [0, 0.1) is 13.8 Å². The largest absolute Gasteiger partial charge is 0.345 e. The summed E-state index contributed by atoms with van der Waals surface area (Å²) in [5.74, 6) is -0.117. The molecule has 0 saturated heterocycles. The Morgan fingerprint density at radius 1 is 1.13 bits per heavy atom. The highest BCUT2D eigenvalue weighted by Gasteiger charge is 2.19. The Hall–Kier alpha value is -2.27. The van der Waals surface area contributed by atoms with Crippen LogP contribution in [0.3, 0.4) is 0 Å². The second kappa shape index (κ2) is 7.83. The van der Waals surface area contributed by atoms with Crippen LogP contribution in [0.1, 0.15) is 39.8 Å². The van der Waals surface area contributed by atoms with Crippen LogP contribution in [0.5, 0.6) is 0 Å². The summed E-state index contributed by atoms with van der Waals surface area (Å²) in [5, 5.41) is 3.14. The molecule has 5 heteroatoms. The van der Waals surface area contributed by atoms with Crippen LogP contribution in [0.2, 0.25) is 0 Å². The van der Waals surface area contributed by atoms with Crippen LogP contribution in [0.25, 0.3) is 0 Å². The van der Waals surface area contributed by atoms with Crippen LogP contribution in [0.4, 0.5) is 0 Å². The van der Waals surface area contributed by atoms with E-state index >= 15 is 0 Å². The average molecular weight is 312 g/mol. The first-order chi connectivity index (χ1) is 11.0. The summed E-state index contributed by atoms with van der Waals surface area (Å²) in [6.07, 6.45) is 2.33. The van der Waals surface area contributed by atoms with E-state index < -0.39 is 0 Å². The maximum Gasteiger partial charge on any atom is 0.255 e. The normalized spacial score (nSPS) is 12.2. The second-order valence-electron chi connectivity index (χ2n) is 5.95. The van der Waals surface area contributed by atoms with E-state index in [2.05, 4.69) is 20.2 Å². The maximum absolute atomic E-state index is 12.7. The summed E-state index contributed by atoms with van der Waals surface area (Å²) < 4.78 is 0. The number of aromatic nitrogens is 2. The summed E-state index contributed by atoms with van der Waals surface area (Å²) in [6.45, 7) is 4.56. The second-order valence-corrected chi connectivity index (χ2v) is 5.95. The predicted molar refractivity (Wildman–Crippen MR) is 91.3 cm³/mol. The molecule has 0 bridgehead atoms. The van der Waals surface area contributed by atoms with Gasteiger partial charge in [-0.1, -0.05) is 30.3 Å². The zero-order valence-electron chi connectivity index (χ0n) is 14.2. The molecule has 2 rings (SSSR count). The number of rotatable bonds is 6. The average Bonchev–Trinajstić information content (AvgIpc) is 2.52. The summed E-state index contributed by atoms with van der Waals surface area (Å²) in [5.41, 5.74) is 3.08. The SMILES string of the molecule is Cc1ncnc(C)c1C(=O)N[C@@H](CCN(C)C)c1ccccc1. The van der Waals surface area contributed by atoms with Gasteiger partial charge in [0.1, 0.15) is 6.33 Å². The van der Waals surface area contributed by atoms with Crippen molar-refractivity contribution in [2.45, 2.75) is 26.3 Å². The minimum atomic E-state index is -0.117. The maximum atomic E-state index is 12.7. The van der Waals surface area contributed by atoms with Crippen molar-refractivity contribution in [1.82, 2.24) is 20.2 Å². The van der Waals surface area contributed by atoms with Crippen molar-refractivity contribution in [3.05, 3.63) is 59.2 Å². The first-order valence-electron chi connectivity index (χ1n) is 7.77. The van der Waals surface area contributed by atoms with Crippen molar-refractivity contribution in [3.63, 3.8) is 0 Å². The third kappa shape index (κ3) is 4.60. The van der Waals surface area contributed by atoms with Gasteiger partial charge in [0.05, 0.1) is 23.0 Å². The quantitative estimate of drug-likeness (QED) is 0.890. The molecule has 1 amide bonds. The topological polar surface area (TPSA) is 58.1 Å². The molecular formula is C18H24N4O. The zero-order valence-corrected chi connectivity index (χ0v) is 14.2. The highest BCUT2D eigenvalue weighted by atomic mass is 16.1. The Kier molecular flexibility index (Phi) is 5.82. The van der Waals surface area contributed by atoms with E-state index in [0.29, 0.717) is 17.0 Å². The Morgan fingerprint density at radius 3 is 2.30 bits per heavy atom. The van der Waals surface area contributed by atoms with Gasteiger partial charge in [-0.2, -0.15) is 0 Å². The Bertz CT molecular complexity index is 635. The van der Waals surface area contributed by atoms with Crippen LogP contribution >= 0.6 is 0 Å². The molecular weight excluding hydrogens is 288 g/mol. The number of benzene rings is 1. The van der Waals surface area contributed by atoms with Gasteiger partial charge in [0.2, 0.25) is 0 Å². The fourth-order valence-electron chi connectivity index (χ4n) is 2.55. The lowest BCUT2D eigenvalue weighted by molar-refractivity contribution is 0.0930. The molecule has 1 atom stereocenters. The third-order valence-electron chi connectivity index (χ3n) is 3.83. The molecule has 0 fully saturated rings. The summed E-state index contributed by atoms with van der Waals surface area (Å²) in [4.78, 5) is 23.1. The van der Waals surface area contributed by atoms with Crippen molar-refractivity contribution in [1.29, 1.82) is 0 Å². The molecule has 0 spiro atoms. The minimum absolute atomic E-state index is 0.0369. The van der Waals surface area contributed by atoms with Gasteiger partial charge >= 0.3 is 0 Å². The smallest absolute Gasteiger partial charge is 0.255 e. The van der Waals surface area contributed by atoms with Crippen molar-refractivity contribution >= 4 is 5.91 Å². The summed E-state index contributed by atoms with van der Waals surface area (Å²) in [7, 11) is 4.06. The molecule has 1 N–H and O–H groups in total. The molecule has 0 radical (unpaired) electrons. The van der Waals surface area contributed by atoms with Gasteiger partial charge < -0.3 is 10.2 Å². The van der Waals surface area contributed by atoms with E-state index in [4.69, 9.17) is 0 Å². The molecule has 0 aliphatic rings. The number of carbonyl (C=O) groups excluding carboxylic acids is 1. The molecule has 0 unspecified atom stereocenters. The predicted octanol–water partition coefficient (Wildman–Crippen LogP) is 2.52. The first kappa shape index (κ1) is 17.1. The molecule has 1 aromatic heterocycles. The van der Waals surface area contributed by atoms with Gasteiger partial charge in [-0.25, -0.2) is 9.97 Å². The molecule has 23 heavy (non-hydrogen) atoms. The third-order valence-corrected chi connectivity index (χ3v) is 3.83. The highest BCUT2D eigenvalue weighted by molar-refractivity contribution is 5.96. The Morgan fingerprint density at radius 2 is 1.74 bits per heavy atom. The van der Waals surface area contributed by atoms with E-state index in [1.54, 1.807) is 0 Å². The molecule has 5 nitrogen and oxygen atoms in total. The summed E-state index contributed by atoms with van der Waals surface area (Å²) >= 11 is 0. The van der Waals surface area contributed by atoms with Crippen molar-refractivity contribution < 1.29 is 4.79 Å². The van der Waals surface area contributed by atoms with Crippen LogP contribution in [-0.2, 0) is 0 Å². The van der Waals surface area contributed by atoms with Gasteiger partial charge in [-0.15, -0.1) is 0 Å². The van der Waals surface area contributed by atoms with Crippen LogP contribution in [0.15, 0.2) is 36.7 Å². The number of nitrogens with zero attached hydrogens (tertiary/aromatic N) is 3. The van der Waals surface area contributed by atoms with E-state index in [1.807, 2.05) is 58.3 Å². The number of carbonyl (C=O) groups is 1. The number of hydrogen-bond acceptors (Lipinski definition) is 4. The highest BCUT2D eigenvalue weighted by Crippen LogP contribution is 2.18. The van der Waals surface area contributed by atoms with Gasteiger partial charge in [0.15, 0.2) is 0 Å². The summed E-state index contributed by atoms with van der Waals surface area (Å²) in [6, 6.07) is 10.0. The zero-order chi connectivity index (χ0) is 16.8. The molecule has 122 valence electrons. The van der Waals surface area contributed by atoms with E-state index in [-0.39, 0.29) is 11.9 Å². The number of amides is 1. The van der Waals surface area contributed by atoms with Crippen LogP contribution in [-0.4, -0.2) is 41.4 Å². The lowest BCUT2D eigenvalue weighted by Gasteiger charge is -2.22. The molecule has 0 aliphatic heterocycles. The molecule has 0 aliphatic carbocycles. The molecule has 0 saturated carbocycles. The standard InChI is InChI=1S/C18H24N4O/c1-13-17(14(2)20-12-19-13)18(23)21-16(10-11-22(3)4)15-8-6-5-7-9-15/h5-9,12,16H,10-11H2,1-4H3,(H,21,23)/t16-/m0/s1. The molecule has 1 heterocycles. The lowest BCUT2D eigenvalue weighted by atomic mass is 10.0. The fraction of sp³-hybridized carbons (Fsp3) is 0.389. The van der Waals surface area contributed by atoms with E-state index in [1.165, 1.54) is 6.33 Å². The monoisotopic (exact) mass is 312 g/mol. The van der Waals surface area contributed by atoms with Gasteiger partial charge in [0.25, 0.3) is 5.91 Å². The Labute approximate surface area is 137 Å². The molecule has 2 aromatic rings. The van der Waals surface area contributed by atoms with E-state index in [0.717, 1.165) is 18.5 Å². The van der Waals surface area contributed by atoms with E-state index in [9.17, 15) is 4.79 Å². The lowest BCUT2D eigenvalue weighted by Crippen LogP contribution is -2.32.